The summed E-state index contributed by atoms with van der Waals surface area (Å²) in [6.07, 6.45) is 0. The number of furan rings is 1. The number of ether oxygens (including phenoxy) is 2. The van der Waals surface area contributed by atoms with Crippen molar-refractivity contribution in [2.75, 3.05) is 27.4 Å². The molecule has 0 radical (unpaired) electrons. The van der Waals surface area contributed by atoms with Crippen LogP contribution < -0.4 is 10.1 Å². The molecule has 0 spiro atoms. The van der Waals surface area contributed by atoms with Gasteiger partial charge in [-0.05, 0) is 30.3 Å². The Morgan fingerprint density at radius 3 is 2.75 bits per heavy atom. The quantitative estimate of drug-likeness (QED) is 0.796. The molecule has 0 saturated carbocycles. The van der Waals surface area contributed by atoms with Crippen molar-refractivity contribution in [3.05, 3.63) is 41.1 Å². The highest BCUT2D eigenvalue weighted by molar-refractivity contribution is 6.32. The van der Waals surface area contributed by atoms with Crippen LogP contribution in [0, 0.1) is 0 Å². The Bertz CT molecular complexity index is 554. The van der Waals surface area contributed by atoms with Gasteiger partial charge >= 0.3 is 0 Å². The molecular weight excluding hydrogens is 278 g/mol. The van der Waals surface area contributed by atoms with Crippen LogP contribution in [0.2, 0.25) is 5.02 Å². The van der Waals surface area contributed by atoms with Crippen LogP contribution in [0.25, 0.3) is 11.3 Å². The first-order valence-electron chi connectivity index (χ1n) is 6.37. The monoisotopic (exact) mass is 295 g/mol. The fraction of sp³-hybridized carbons (Fsp3) is 0.333. The average Bonchev–Trinajstić information content (AvgIpc) is 2.92. The van der Waals surface area contributed by atoms with E-state index in [9.17, 15) is 0 Å². The Kier molecular flexibility index (Phi) is 5.47. The molecule has 1 aromatic heterocycles. The van der Waals surface area contributed by atoms with Crippen molar-refractivity contribution in [1.29, 1.82) is 0 Å². The van der Waals surface area contributed by atoms with Crippen molar-refractivity contribution in [2.45, 2.75) is 6.54 Å². The van der Waals surface area contributed by atoms with Gasteiger partial charge in [-0.25, -0.2) is 0 Å². The molecule has 2 rings (SSSR count). The van der Waals surface area contributed by atoms with Gasteiger partial charge in [0.15, 0.2) is 0 Å². The molecule has 2 aromatic rings. The predicted octanol–water partition coefficient (Wildman–Crippen LogP) is 3.34. The van der Waals surface area contributed by atoms with E-state index >= 15 is 0 Å². The molecule has 20 heavy (non-hydrogen) atoms. The first-order valence-corrected chi connectivity index (χ1v) is 6.74. The summed E-state index contributed by atoms with van der Waals surface area (Å²) in [7, 11) is 3.28. The summed E-state index contributed by atoms with van der Waals surface area (Å²) in [6, 6.07) is 9.47. The molecule has 1 N–H and O–H groups in total. The zero-order chi connectivity index (χ0) is 14.4. The van der Waals surface area contributed by atoms with Gasteiger partial charge in [0.05, 0.1) is 25.3 Å². The number of hydrogen-bond donors (Lipinski definition) is 1. The van der Waals surface area contributed by atoms with Crippen molar-refractivity contribution < 1.29 is 13.9 Å². The molecule has 5 heteroatoms. The molecule has 1 aromatic carbocycles. The number of hydrogen-bond acceptors (Lipinski definition) is 4. The first kappa shape index (κ1) is 14.9. The summed E-state index contributed by atoms with van der Waals surface area (Å²) in [6.45, 7) is 2.15. The van der Waals surface area contributed by atoms with Gasteiger partial charge in [0.25, 0.3) is 0 Å². The summed E-state index contributed by atoms with van der Waals surface area (Å²) in [4.78, 5) is 0. The summed E-state index contributed by atoms with van der Waals surface area (Å²) in [5.41, 5.74) is 0.930. The third-order valence-electron chi connectivity index (χ3n) is 2.88. The van der Waals surface area contributed by atoms with Gasteiger partial charge in [-0.15, -0.1) is 0 Å². The van der Waals surface area contributed by atoms with Crippen molar-refractivity contribution in [2.24, 2.45) is 0 Å². The number of benzene rings is 1. The molecule has 0 aliphatic heterocycles. The number of rotatable bonds is 7. The van der Waals surface area contributed by atoms with E-state index in [-0.39, 0.29) is 0 Å². The Morgan fingerprint density at radius 2 is 2.05 bits per heavy atom. The van der Waals surface area contributed by atoms with E-state index in [0.29, 0.717) is 23.9 Å². The first-order chi connectivity index (χ1) is 9.74. The van der Waals surface area contributed by atoms with Crippen LogP contribution in [-0.4, -0.2) is 27.4 Å². The summed E-state index contributed by atoms with van der Waals surface area (Å²) < 4.78 is 15.9. The van der Waals surface area contributed by atoms with E-state index < -0.39 is 0 Å². The van der Waals surface area contributed by atoms with E-state index in [4.69, 9.17) is 25.5 Å². The Morgan fingerprint density at radius 1 is 1.20 bits per heavy atom. The molecule has 0 bridgehead atoms. The third kappa shape index (κ3) is 3.76. The SMILES string of the molecule is COCCNCc1ccc(-c2ccc(OC)c(Cl)c2)o1. The molecule has 0 unspecified atom stereocenters. The molecule has 0 saturated heterocycles. The molecular formula is C15H18ClNO3. The number of nitrogens with one attached hydrogen (secondary N) is 1. The van der Waals surface area contributed by atoms with E-state index in [1.165, 1.54) is 0 Å². The van der Waals surface area contributed by atoms with Gasteiger partial charge in [-0.2, -0.15) is 0 Å². The van der Waals surface area contributed by atoms with Crippen molar-refractivity contribution in [3.8, 4) is 17.1 Å². The third-order valence-corrected chi connectivity index (χ3v) is 3.18. The minimum Gasteiger partial charge on any atom is -0.495 e. The van der Waals surface area contributed by atoms with Crippen LogP contribution in [0.5, 0.6) is 5.75 Å². The van der Waals surface area contributed by atoms with Crippen LogP contribution in [0.15, 0.2) is 34.7 Å². The minimum atomic E-state index is 0.571. The Labute approximate surface area is 123 Å². The molecule has 0 aliphatic rings. The smallest absolute Gasteiger partial charge is 0.137 e. The highest BCUT2D eigenvalue weighted by Crippen LogP contribution is 2.30. The zero-order valence-corrected chi connectivity index (χ0v) is 12.4. The van der Waals surface area contributed by atoms with Crippen LogP contribution in [0.4, 0.5) is 0 Å². The molecule has 0 amide bonds. The maximum absolute atomic E-state index is 6.11. The highest BCUT2D eigenvalue weighted by Gasteiger charge is 2.08. The zero-order valence-electron chi connectivity index (χ0n) is 11.6. The molecule has 108 valence electrons. The predicted molar refractivity (Wildman–Crippen MR) is 79.3 cm³/mol. The lowest BCUT2D eigenvalue weighted by Crippen LogP contribution is -2.18. The topological polar surface area (TPSA) is 43.6 Å². The van der Waals surface area contributed by atoms with Crippen LogP contribution in [0.1, 0.15) is 5.76 Å². The van der Waals surface area contributed by atoms with E-state index in [2.05, 4.69) is 5.32 Å². The van der Waals surface area contributed by atoms with Crippen LogP contribution >= 0.6 is 11.6 Å². The molecule has 4 nitrogen and oxygen atoms in total. The summed E-state index contributed by atoms with van der Waals surface area (Å²) >= 11 is 6.11. The van der Waals surface area contributed by atoms with Gasteiger partial charge in [0.2, 0.25) is 0 Å². The second-order valence-electron chi connectivity index (χ2n) is 4.28. The minimum absolute atomic E-state index is 0.571. The van der Waals surface area contributed by atoms with Crippen LogP contribution in [0.3, 0.4) is 0 Å². The van der Waals surface area contributed by atoms with Gasteiger partial charge in [-0.1, -0.05) is 11.6 Å². The second-order valence-corrected chi connectivity index (χ2v) is 4.69. The standard InChI is InChI=1S/C15H18ClNO3/c1-18-8-7-17-10-12-4-6-14(20-12)11-3-5-15(19-2)13(16)9-11/h3-6,9,17H,7-8,10H2,1-2H3. The Balaban J connectivity index is 2.03. The van der Waals surface area contributed by atoms with Gasteiger partial charge in [-0.3, -0.25) is 0 Å². The highest BCUT2D eigenvalue weighted by atomic mass is 35.5. The maximum atomic E-state index is 6.11. The second kappa shape index (κ2) is 7.33. The van der Waals surface area contributed by atoms with Gasteiger partial charge < -0.3 is 19.2 Å². The maximum Gasteiger partial charge on any atom is 0.137 e. The Hall–Kier alpha value is -1.49. The van der Waals surface area contributed by atoms with E-state index in [1.807, 2.05) is 30.3 Å². The van der Waals surface area contributed by atoms with Crippen molar-refractivity contribution in [3.63, 3.8) is 0 Å². The largest absolute Gasteiger partial charge is 0.495 e. The lowest BCUT2D eigenvalue weighted by atomic mass is 10.2. The molecule has 1 heterocycles. The lowest BCUT2D eigenvalue weighted by molar-refractivity contribution is 0.198. The lowest BCUT2D eigenvalue weighted by Gasteiger charge is -2.04. The average molecular weight is 296 g/mol. The number of halogens is 1. The summed E-state index contributed by atoms with van der Waals surface area (Å²) in [5, 5.41) is 3.80. The summed E-state index contributed by atoms with van der Waals surface area (Å²) in [5.74, 6) is 2.32. The van der Waals surface area contributed by atoms with Gasteiger partial charge in [0.1, 0.15) is 17.3 Å². The van der Waals surface area contributed by atoms with E-state index in [0.717, 1.165) is 23.6 Å². The molecule has 0 atom stereocenters. The molecule has 0 aliphatic carbocycles. The van der Waals surface area contributed by atoms with Crippen LogP contribution in [-0.2, 0) is 11.3 Å². The van der Waals surface area contributed by atoms with E-state index in [1.54, 1.807) is 14.2 Å². The van der Waals surface area contributed by atoms with Crippen molar-refractivity contribution >= 4 is 11.6 Å². The van der Waals surface area contributed by atoms with Crippen molar-refractivity contribution in [1.82, 2.24) is 5.32 Å². The van der Waals surface area contributed by atoms with Gasteiger partial charge in [0, 0.05) is 19.2 Å². The fourth-order valence-corrected chi connectivity index (χ4v) is 2.09. The molecule has 0 fully saturated rings. The fourth-order valence-electron chi connectivity index (χ4n) is 1.83. The number of methoxy groups -OCH3 is 2. The normalized spacial score (nSPS) is 10.8.